The SMILES string of the molecule is Clc1cccc2ccc(-c3nccn3CCC3CCCCO3)nc12. The number of aromatic nitrogens is 3. The van der Waals surface area contributed by atoms with Crippen LogP contribution in [0.4, 0.5) is 0 Å². The number of imidazole rings is 1. The van der Waals surface area contributed by atoms with E-state index in [9.17, 15) is 0 Å². The fourth-order valence-corrected chi connectivity index (χ4v) is 3.50. The Morgan fingerprint density at radius 3 is 3.04 bits per heavy atom. The molecule has 0 radical (unpaired) electrons. The molecule has 0 saturated carbocycles. The lowest BCUT2D eigenvalue weighted by Crippen LogP contribution is -2.20. The van der Waals surface area contributed by atoms with E-state index in [1.807, 2.05) is 42.7 Å². The van der Waals surface area contributed by atoms with E-state index in [0.717, 1.165) is 48.4 Å². The topological polar surface area (TPSA) is 39.9 Å². The maximum absolute atomic E-state index is 6.29. The summed E-state index contributed by atoms with van der Waals surface area (Å²) in [5, 5.41) is 1.71. The summed E-state index contributed by atoms with van der Waals surface area (Å²) in [6.07, 6.45) is 8.84. The number of benzene rings is 1. The number of fused-ring (bicyclic) bond motifs is 1. The smallest absolute Gasteiger partial charge is 0.158 e. The van der Waals surface area contributed by atoms with Gasteiger partial charge in [0.2, 0.25) is 0 Å². The van der Waals surface area contributed by atoms with Crippen LogP contribution in [0.25, 0.3) is 22.4 Å². The van der Waals surface area contributed by atoms with E-state index < -0.39 is 0 Å². The van der Waals surface area contributed by atoms with Crippen molar-refractivity contribution in [3.8, 4) is 11.5 Å². The minimum Gasteiger partial charge on any atom is -0.378 e. The van der Waals surface area contributed by atoms with Gasteiger partial charge in [-0.2, -0.15) is 0 Å². The van der Waals surface area contributed by atoms with Crippen molar-refractivity contribution in [2.24, 2.45) is 0 Å². The summed E-state index contributed by atoms with van der Waals surface area (Å²) >= 11 is 6.29. The van der Waals surface area contributed by atoms with E-state index in [1.54, 1.807) is 0 Å². The highest BCUT2D eigenvalue weighted by atomic mass is 35.5. The number of aryl methyl sites for hydroxylation is 1. The van der Waals surface area contributed by atoms with Gasteiger partial charge in [-0.15, -0.1) is 0 Å². The molecule has 1 aliphatic heterocycles. The molecule has 1 unspecified atom stereocenters. The van der Waals surface area contributed by atoms with E-state index in [4.69, 9.17) is 21.3 Å². The summed E-state index contributed by atoms with van der Waals surface area (Å²) < 4.78 is 7.98. The van der Waals surface area contributed by atoms with Crippen LogP contribution in [-0.2, 0) is 11.3 Å². The normalized spacial score (nSPS) is 18.1. The Morgan fingerprint density at radius 1 is 1.21 bits per heavy atom. The molecule has 1 atom stereocenters. The van der Waals surface area contributed by atoms with Crippen LogP contribution in [0.5, 0.6) is 0 Å². The van der Waals surface area contributed by atoms with Crippen LogP contribution in [0, 0.1) is 0 Å². The molecule has 0 N–H and O–H groups in total. The summed E-state index contributed by atoms with van der Waals surface area (Å²) in [4.78, 5) is 9.23. The standard InChI is InChI=1S/C19H20ClN3O/c20-16-6-3-4-14-7-8-17(22-18(14)16)19-21-10-12-23(19)11-9-15-5-1-2-13-24-15/h3-4,6-8,10,12,15H,1-2,5,9,11,13H2. The van der Waals surface area contributed by atoms with Gasteiger partial charge in [0.15, 0.2) is 5.82 Å². The van der Waals surface area contributed by atoms with Crippen LogP contribution >= 0.6 is 11.6 Å². The highest BCUT2D eigenvalue weighted by Crippen LogP contribution is 2.25. The number of halogens is 1. The van der Waals surface area contributed by atoms with Gasteiger partial charge in [-0.05, 0) is 37.8 Å². The molecule has 0 spiro atoms. The minimum atomic E-state index is 0.369. The fourth-order valence-electron chi connectivity index (χ4n) is 3.28. The van der Waals surface area contributed by atoms with Crippen molar-refractivity contribution in [1.29, 1.82) is 0 Å². The molecule has 3 heterocycles. The van der Waals surface area contributed by atoms with Gasteiger partial charge >= 0.3 is 0 Å². The number of hydrogen-bond acceptors (Lipinski definition) is 3. The Hall–Kier alpha value is -1.91. The Bertz CT molecular complexity index is 839. The molecule has 2 aromatic heterocycles. The first-order valence-electron chi connectivity index (χ1n) is 8.49. The zero-order valence-corrected chi connectivity index (χ0v) is 14.2. The van der Waals surface area contributed by atoms with Gasteiger partial charge in [0.1, 0.15) is 5.69 Å². The molecule has 4 rings (SSSR count). The minimum absolute atomic E-state index is 0.369. The van der Waals surface area contributed by atoms with Gasteiger partial charge < -0.3 is 9.30 Å². The maximum Gasteiger partial charge on any atom is 0.158 e. The van der Waals surface area contributed by atoms with Crippen molar-refractivity contribution in [2.75, 3.05) is 6.61 Å². The Balaban J connectivity index is 1.58. The number of para-hydroxylation sites is 1. The zero-order chi connectivity index (χ0) is 16.4. The summed E-state index contributed by atoms with van der Waals surface area (Å²) in [6.45, 7) is 1.79. The first kappa shape index (κ1) is 15.6. The average Bonchev–Trinajstić information content (AvgIpc) is 3.10. The van der Waals surface area contributed by atoms with Crippen LogP contribution in [0.2, 0.25) is 5.02 Å². The number of hydrogen-bond donors (Lipinski definition) is 0. The lowest BCUT2D eigenvalue weighted by atomic mass is 10.1. The van der Waals surface area contributed by atoms with Gasteiger partial charge in [0, 0.05) is 30.9 Å². The molecular formula is C19H20ClN3O. The summed E-state index contributed by atoms with van der Waals surface area (Å²) in [5.74, 6) is 0.882. The number of nitrogens with zero attached hydrogens (tertiary/aromatic N) is 3. The van der Waals surface area contributed by atoms with Crippen molar-refractivity contribution in [3.63, 3.8) is 0 Å². The Morgan fingerprint density at radius 2 is 2.17 bits per heavy atom. The summed E-state index contributed by atoms with van der Waals surface area (Å²) in [5.41, 5.74) is 1.67. The molecule has 1 saturated heterocycles. The number of rotatable bonds is 4. The average molecular weight is 342 g/mol. The second-order valence-electron chi connectivity index (χ2n) is 6.23. The van der Waals surface area contributed by atoms with Gasteiger partial charge in [-0.25, -0.2) is 9.97 Å². The van der Waals surface area contributed by atoms with Crippen molar-refractivity contribution in [1.82, 2.24) is 14.5 Å². The van der Waals surface area contributed by atoms with Crippen molar-refractivity contribution < 1.29 is 4.74 Å². The van der Waals surface area contributed by atoms with E-state index >= 15 is 0 Å². The van der Waals surface area contributed by atoms with Gasteiger partial charge in [0.05, 0.1) is 16.6 Å². The second kappa shape index (κ2) is 6.91. The summed E-state index contributed by atoms with van der Waals surface area (Å²) in [7, 11) is 0. The first-order chi connectivity index (χ1) is 11.8. The van der Waals surface area contributed by atoms with Crippen LogP contribution < -0.4 is 0 Å². The van der Waals surface area contributed by atoms with E-state index in [1.165, 1.54) is 12.8 Å². The first-order valence-corrected chi connectivity index (χ1v) is 8.87. The molecule has 1 fully saturated rings. The monoisotopic (exact) mass is 341 g/mol. The molecule has 0 aliphatic carbocycles. The van der Waals surface area contributed by atoms with Gasteiger partial charge in [0.25, 0.3) is 0 Å². The molecule has 124 valence electrons. The van der Waals surface area contributed by atoms with E-state index in [-0.39, 0.29) is 0 Å². The molecule has 0 amide bonds. The predicted molar refractivity (Wildman–Crippen MR) is 96.2 cm³/mol. The largest absolute Gasteiger partial charge is 0.378 e. The predicted octanol–water partition coefficient (Wildman–Crippen LogP) is 4.71. The van der Waals surface area contributed by atoms with E-state index in [0.29, 0.717) is 11.1 Å². The number of pyridine rings is 1. The molecule has 3 aromatic rings. The highest BCUT2D eigenvalue weighted by molar-refractivity contribution is 6.35. The molecule has 5 heteroatoms. The molecule has 24 heavy (non-hydrogen) atoms. The molecule has 0 bridgehead atoms. The van der Waals surface area contributed by atoms with Crippen LogP contribution in [0.3, 0.4) is 0 Å². The molecule has 1 aromatic carbocycles. The maximum atomic E-state index is 6.29. The molecule has 1 aliphatic rings. The lowest BCUT2D eigenvalue weighted by Gasteiger charge is -2.22. The van der Waals surface area contributed by atoms with Crippen molar-refractivity contribution in [2.45, 2.75) is 38.3 Å². The number of ether oxygens (including phenoxy) is 1. The van der Waals surface area contributed by atoms with E-state index in [2.05, 4.69) is 9.55 Å². The van der Waals surface area contributed by atoms with Crippen LogP contribution in [0.1, 0.15) is 25.7 Å². The van der Waals surface area contributed by atoms with Gasteiger partial charge in [-0.1, -0.05) is 29.8 Å². The second-order valence-corrected chi connectivity index (χ2v) is 6.64. The fraction of sp³-hybridized carbons (Fsp3) is 0.368. The third-order valence-corrected chi connectivity index (χ3v) is 4.89. The third-order valence-electron chi connectivity index (χ3n) is 4.58. The van der Waals surface area contributed by atoms with Gasteiger partial charge in [-0.3, -0.25) is 0 Å². The Labute approximate surface area is 146 Å². The van der Waals surface area contributed by atoms with Crippen molar-refractivity contribution >= 4 is 22.5 Å². The molecular weight excluding hydrogens is 322 g/mol. The zero-order valence-electron chi connectivity index (χ0n) is 13.5. The van der Waals surface area contributed by atoms with Crippen LogP contribution in [0.15, 0.2) is 42.7 Å². The quantitative estimate of drug-likeness (QED) is 0.690. The lowest BCUT2D eigenvalue weighted by molar-refractivity contribution is 0.00887. The highest BCUT2D eigenvalue weighted by Gasteiger charge is 2.15. The van der Waals surface area contributed by atoms with Crippen molar-refractivity contribution in [3.05, 3.63) is 47.7 Å². The third kappa shape index (κ3) is 3.17. The van der Waals surface area contributed by atoms with Crippen LogP contribution in [-0.4, -0.2) is 27.2 Å². The molecule has 4 nitrogen and oxygen atoms in total. The Kier molecular flexibility index (Phi) is 4.50. The summed E-state index contributed by atoms with van der Waals surface area (Å²) in [6, 6.07) is 9.89.